The highest BCUT2D eigenvalue weighted by Crippen LogP contribution is 2.21. The van der Waals surface area contributed by atoms with E-state index in [1.54, 1.807) is 0 Å². The molecule has 24 heavy (non-hydrogen) atoms. The SMILES string of the molecule is CCN(CC)Cc1ccccc1CNC(=O)CC1CCS(=O)(=O)C1. The Balaban J connectivity index is 1.88. The molecule has 1 unspecified atom stereocenters. The van der Waals surface area contributed by atoms with Gasteiger partial charge >= 0.3 is 0 Å². The Morgan fingerprint density at radius 2 is 1.88 bits per heavy atom. The third kappa shape index (κ3) is 5.60. The Kier molecular flexibility index (Phi) is 6.80. The van der Waals surface area contributed by atoms with Crippen LogP contribution in [0, 0.1) is 5.92 Å². The van der Waals surface area contributed by atoms with E-state index in [1.165, 1.54) is 5.56 Å². The first-order valence-electron chi connectivity index (χ1n) is 8.69. The van der Waals surface area contributed by atoms with Crippen LogP contribution in [0.2, 0.25) is 0 Å². The maximum atomic E-state index is 12.1. The molecule has 1 heterocycles. The molecule has 2 rings (SSSR count). The molecular formula is C18H28N2O3S. The van der Waals surface area contributed by atoms with Gasteiger partial charge < -0.3 is 5.32 Å². The van der Waals surface area contributed by atoms with Crippen molar-refractivity contribution in [2.24, 2.45) is 5.92 Å². The average Bonchev–Trinajstić information content (AvgIpc) is 2.90. The Hall–Kier alpha value is -1.40. The zero-order chi connectivity index (χ0) is 17.6. The molecule has 1 amide bonds. The lowest BCUT2D eigenvalue weighted by Crippen LogP contribution is -2.27. The van der Waals surface area contributed by atoms with Gasteiger partial charge in [-0.1, -0.05) is 38.1 Å². The van der Waals surface area contributed by atoms with Crippen LogP contribution >= 0.6 is 0 Å². The fourth-order valence-electron chi connectivity index (χ4n) is 3.13. The van der Waals surface area contributed by atoms with Gasteiger partial charge in [-0.2, -0.15) is 0 Å². The standard InChI is InChI=1S/C18H28N2O3S/c1-3-20(4-2)13-17-8-6-5-7-16(17)12-19-18(21)11-15-9-10-24(22,23)14-15/h5-8,15H,3-4,9-14H2,1-2H3,(H,19,21). The largest absolute Gasteiger partial charge is 0.352 e. The Morgan fingerprint density at radius 1 is 1.21 bits per heavy atom. The van der Waals surface area contributed by atoms with E-state index >= 15 is 0 Å². The quantitative estimate of drug-likeness (QED) is 0.777. The molecule has 1 aromatic rings. The predicted molar refractivity (Wildman–Crippen MR) is 96.3 cm³/mol. The zero-order valence-electron chi connectivity index (χ0n) is 14.6. The highest BCUT2D eigenvalue weighted by Gasteiger charge is 2.29. The molecule has 0 aromatic heterocycles. The maximum Gasteiger partial charge on any atom is 0.220 e. The summed E-state index contributed by atoms with van der Waals surface area (Å²) >= 11 is 0. The minimum atomic E-state index is -2.92. The van der Waals surface area contributed by atoms with Gasteiger partial charge in [-0.05, 0) is 36.6 Å². The molecule has 1 fully saturated rings. The molecule has 0 spiro atoms. The van der Waals surface area contributed by atoms with Crippen LogP contribution in [0.5, 0.6) is 0 Å². The molecule has 1 aliphatic rings. The smallest absolute Gasteiger partial charge is 0.220 e. The fraction of sp³-hybridized carbons (Fsp3) is 0.611. The van der Waals surface area contributed by atoms with E-state index in [1.807, 2.05) is 18.2 Å². The van der Waals surface area contributed by atoms with E-state index in [-0.39, 0.29) is 23.3 Å². The number of amides is 1. The topological polar surface area (TPSA) is 66.5 Å². The second-order valence-corrected chi connectivity index (χ2v) is 8.71. The first-order chi connectivity index (χ1) is 11.4. The molecule has 5 nitrogen and oxygen atoms in total. The zero-order valence-corrected chi connectivity index (χ0v) is 15.4. The van der Waals surface area contributed by atoms with Gasteiger partial charge in [0, 0.05) is 19.5 Å². The number of carbonyl (C=O) groups excluding carboxylic acids is 1. The monoisotopic (exact) mass is 352 g/mol. The molecule has 6 heteroatoms. The van der Waals surface area contributed by atoms with Crippen molar-refractivity contribution >= 4 is 15.7 Å². The summed E-state index contributed by atoms with van der Waals surface area (Å²) in [6.07, 6.45) is 0.908. The van der Waals surface area contributed by atoms with Crippen molar-refractivity contribution in [3.63, 3.8) is 0 Å². The summed E-state index contributed by atoms with van der Waals surface area (Å²) in [6.45, 7) is 7.64. The average molecular weight is 353 g/mol. The van der Waals surface area contributed by atoms with Crippen LogP contribution in [0.25, 0.3) is 0 Å². The summed E-state index contributed by atoms with van der Waals surface area (Å²) < 4.78 is 22.9. The molecule has 1 aliphatic heterocycles. The van der Waals surface area contributed by atoms with Gasteiger partial charge in [0.25, 0.3) is 0 Å². The number of nitrogens with one attached hydrogen (secondary N) is 1. The van der Waals surface area contributed by atoms with Crippen LogP contribution in [0.3, 0.4) is 0 Å². The van der Waals surface area contributed by atoms with Crippen LogP contribution in [0.4, 0.5) is 0 Å². The molecule has 0 saturated carbocycles. The van der Waals surface area contributed by atoms with Crippen LogP contribution in [-0.2, 0) is 27.7 Å². The molecule has 1 atom stereocenters. The van der Waals surface area contributed by atoms with Crippen molar-refractivity contribution in [1.29, 1.82) is 0 Å². The van der Waals surface area contributed by atoms with Gasteiger partial charge in [-0.15, -0.1) is 0 Å². The molecule has 0 bridgehead atoms. The van der Waals surface area contributed by atoms with Gasteiger partial charge in [-0.25, -0.2) is 8.42 Å². The number of nitrogens with zero attached hydrogens (tertiary/aromatic N) is 1. The van der Waals surface area contributed by atoms with Crippen LogP contribution in [-0.4, -0.2) is 43.8 Å². The Morgan fingerprint density at radius 3 is 2.46 bits per heavy atom. The molecule has 0 aliphatic carbocycles. The fourth-order valence-corrected chi connectivity index (χ4v) is 5.00. The number of rotatable bonds is 8. The van der Waals surface area contributed by atoms with E-state index in [0.29, 0.717) is 19.4 Å². The van der Waals surface area contributed by atoms with Gasteiger partial charge in [0.05, 0.1) is 11.5 Å². The van der Waals surface area contributed by atoms with Crippen molar-refractivity contribution < 1.29 is 13.2 Å². The molecular weight excluding hydrogens is 324 g/mol. The third-order valence-electron chi connectivity index (χ3n) is 4.68. The van der Waals surface area contributed by atoms with Crippen molar-refractivity contribution in [2.45, 2.75) is 39.8 Å². The van der Waals surface area contributed by atoms with E-state index in [2.05, 4.69) is 30.1 Å². The predicted octanol–water partition coefficient (Wildman–Crippen LogP) is 1.97. The number of sulfone groups is 1. The molecule has 134 valence electrons. The summed E-state index contributed by atoms with van der Waals surface area (Å²) in [5.41, 5.74) is 2.35. The summed E-state index contributed by atoms with van der Waals surface area (Å²) in [5, 5.41) is 2.95. The number of benzene rings is 1. The Bertz CT molecular complexity index is 654. The molecule has 1 N–H and O–H groups in total. The van der Waals surface area contributed by atoms with Crippen molar-refractivity contribution in [1.82, 2.24) is 10.2 Å². The highest BCUT2D eigenvalue weighted by atomic mass is 32.2. The summed E-state index contributed by atoms with van der Waals surface area (Å²) in [4.78, 5) is 14.5. The normalized spacial score (nSPS) is 19.5. The lowest BCUT2D eigenvalue weighted by Gasteiger charge is -2.20. The maximum absolute atomic E-state index is 12.1. The van der Waals surface area contributed by atoms with Crippen LogP contribution in [0.1, 0.15) is 37.8 Å². The number of hydrogen-bond donors (Lipinski definition) is 1. The van der Waals surface area contributed by atoms with Crippen molar-refractivity contribution in [2.75, 3.05) is 24.6 Å². The number of hydrogen-bond acceptors (Lipinski definition) is 4. The first-order valence-corrected chi connectivity index (χ1v) is 10.5. The Labute approximate surface area is 145 Å². The third-order valence-corrected chi connectivity index (χ3v) is 6.52. The number of carbonyl (C=O) groups is 1. The summed E-state index contributed by atoms with van der Waals surface area (Å²) in [7, 11) is -2.92. The van der Waals surface area contributed by atoms with E-state index in [0.717, 1.165) is 25.2 Å². The van der Waals surface area contributed by atoms with Crippen molar-refractivity contribution in [3.05, 3.63) is 35.4 Å². The van der Waals surface area contributed by atoms with E-state index in [9.17, 15) is 13.2 Å². The van der Waals surface area contributed by atoms with Crippen molar-refractivity contribution in [3.8, 4) is 0 Å². The first kappa shape index (κ1) is 18.9. The minimum Gasteiger partial charge on any atom is -0.352 e. The van der Waals surface area contributed by atoms with Gasteiger partial charge in [0.2, 0.25) is 5.91 Å². The minimum absolute atomic E-state index is 0.0269. The second-order valence-electron chi connectivity index (χ2n) is 6.48. The van der Waals surface area contributed by atoms with Crippen LogP contribution < -0.4 is 5.32 Å². The van der Waals surface area contributed by atoms with Gasteiger partial charge in [0.15, 0.2) is 9.84 Å². The van der Waals surface area contributed by atoms with Crippen LogP contribution in [0.15, 0.2) is 24.3 Å². The van der Waals surface area contributed by atoms with Gasteiger partial charge in [-0.3, -0.25) is 9.69 Å². The molecule has 1 aromatic carbocycles. The molecule has 0 radical (unpaired) electrons. The lowest BCUT2D eigenvalue weighted by molar-refractivity contribution is -0.122. The summed E-state index contributed by atoms with van der Waals surface area (Å²) in [5.74, 6) is 0.284. The second kappa shape index (κ2) is 8.62. The summed E-state index contributed by atoms with van der Waals surface area (Å²) in [6, 6.07) is 8.15. The molecule has 1 saturated heterocycles. The van der Waals surface area contributed by atoms with E-state index in [4.69, 9.17) is 0 Å². The van der Waals surface area contributed by atoms with Gasteiger partial charge in [0.1, 0.15) is 0 Å². The van der Waals surface area contributed by atoms with E-state index < -0.39 is 9.84 Å². The highest BCUT2D eigenvalue weighted by molar-refractivity contribution is 7.91. The lowest BCUT2D eigenvalue weighted by atomic mass is 10.0.